The van der Waals surface area contributed by atoms with E-state index in [1.807, 2.05) is 0 Å². The average molecular weight is 322 g/mol. The third kappa shape index (κ3) is 4.02. The predicted molar refractivity (Wildman–Crippen MR) is 83.3 cm³/mol. The summed E-state index contributed by atoms with van der Waals surface area (Å²) in [7, 11) is 0. The SMILES string of the molecule is CC(C)(C)OC(=O)N1CCC[C@H]1C(=O)Nn1cccc1C(N)=O. The van der Waals surface area contributed by atoms with Crippen LogP contribution < -0.4 is 11.2 Å². The van der Waals surface area contributed by atoms with Gasteiger partial charge in [-0.3, -0.25) is 24.6 Å². The van der Waals surface area contributed by atoms with E-state index in [9.17, 15) is 14.4 Å². The minimum Gasteiger partial charge on any atom is -0.444 e. The fraction of sp³-hybridized carbons (Fsp3) is 0.533. The number of nitrogens with two attached hydrogens (primary N) is 1. The maximum Gasteiger partial charge on any atom is 0.410 e. The zero-order valence-electron chi connectivity index (χ0n) is 13.5. The number of nitrogens with zero attached hydrogens (tertiary/aromatic N) is 2. The van der Waals surface area contributed by atoms with E-state index in [1.54, 1.807) is 26.8 Å². The lowest BCUT2D eigenvalue weighted by molar-refractivity contribution is -0.121. The number of aromatic nitrogens is 1. The van der Waals surface area contributed by atoms with Gasteiger partial charge in [-0.25, -0.2) is 4.79 Å². The molecule has 8 heteroatoms. The van der Waals surface area contributed by atoms with E-state index in [-0.39, 0.29) is 11.6 Å². The van der Waals surface area contributed by atoms with Crippen LogP contribution in [0.25, 0.3) is 0 Å². The minimum absolute atomic E-state index is 0.167. The highest BCUT2D eigenvalue weighted by Gasteiger charge is 2.36. The third-order valence-electron chi connectivity index (χ3n) is 3.42. The topological polar surface area (TPSA) is 107 Å². The molecule has 0 saturated carbocycles. The van der Waals surface area contributed by atoms with Gasteiger partial charge < -0.3 is 10.5 Å². The second kappa shape index (κ2) is 6.31. The van der Waals surface area contributed by atoms with Crippen LogP contribution in [0.2, 0.25) is 0 Å². The lowest BCUT2D eigenvalue weighted by Gasteiger charge is -2.28. The molecule has 0 bridgehead atoms. The van der Waals surface area contributed by atoms with Gasteiger partial charge in [-0.2, -0.15) is 0 Å². The molecule has 0 aliphatic carbocycles. The number of amides is 3. The molecular formula is C15H22N4O4. The van der Waals surface area contributed by atoms with Gasteiger partial charge in [0.05, 0.1) is 0 Å². The summed E-state index contributed by atoms with van der Waals surface area (Å²) in [5, 5.41) is 0. The van der Waals surface area contributed by atoms with E-state index in [2.05, 4.69) is 5.43 Å². The smallest absolute Gasteiger partial charge is 0.410 e. The number of rotatable bonds is 3. The van der Waals surface area contributed by atoms with Gasteiger partial charge in [0.2, 0.25) is 0 Å². The third-order valence-corrected chi connectivity index (χ3v) is 3.42. The molecule has 2 heterocycles. The van der Waals surface area contributed by atoms with Crippen molar-refractivity contribution < 1.29 is 19.1 Å². The Kier molecular flexibility index (Phi) is 4.63. The zero-order valence-corrected chi connectivity index (χ0v) is 13.5. The maximum atomic E-state index is 12.4. The standard InChI is InChI=1S/C15H22N4O4/c1-15(2,3)23-14(22)18-8-4-7-11(18)13(21)17-19-9-5-6-10(19)12(16)20/h5-6,9,11H,4,7-8H2,1-3H3,(H2,16,20)(H,17,21)/t11-/m0/s1. The van der Waals surface area contributed by atoms with Crippen LogP contribution in [0.3, 0.4) is 0 Å². The summed E-state index contributed by atoms with van der Waals surface area (Å²) < 4.78 is 6.59. The lowest BCUT2D eigenvalue weighted by Crippen LogP contribution is -2.47. The van der Waals surface area contributed by atoms with E-state index in [0.29, 0.717) is 19.4 Å². The Bertz CT molecular complexity index is 617. The largest absolute Gasteiger partial charge is 0.444 e. The number of hydrogen-bond donors (Lipinski definition) is 2. The quantitative estimate of drug-likeness (QED) is 0.867. The number of nitrogens with one attached hydrogen (secondary N) is 1. The summed E-state index contributed by atoms with van der Waals surface area (Å²) in [6, 6.07) is 2.47. The molecule has 8 nitrogen and oxygen atoms in total. The van der Waals surface area contributed by atoms with Gasteiger partial charge in [-0.05, 0) is 45.7 Å². The van der Waals surface area contributed by atoms with E-state index in [4.69, 9.17) is 10.5 Å². The Morgan fingerprint density at radius 1 is 1.35 bits per heavy atom. The highest BCUT2D eigenvalue weighted by molar-refractivity contribution is 5.95. The predicted octanol–water partition coefficient (Wildman–Crippen LogP) is 1.06. The van der Waals surface area contributed by atoms with E-state index in [1.165, 1.54) is 21.8 Å². The monoisotopic (exact) mass is 322 g/mol. The van der Waals surface area contributed by atoms with E-state index in [0.717, 1.165) is 0 Å². The van der Waals surface area contributed by atoms with Crippen LogP contribution in [-0.4, -0.2) is 45.7 Å². The van der Waals surface area contributed by atoms with Crippen LogP contribution in [-0.2, 0) is 9.53 Å². The molecule has 23 heavy (non-hydrogen) atoms. The summed E-state index contributed by atoms with van der Waals surface area (Å²) >= 11 is 0. The molecule has 1 aromatic heterocycles. The number of primary amides is 1. The summed E-state index contributed by atoms with van der Waals surface area (Å²) in [5.41, 5.74) is 7.37. The molecule has 0 aromatic carbocycles. The van der Waals surface area contributed by atoms with Gasteiger partial charge in [0.25, 0.3) is 11.8 Å². The summed E-state index contributed by atoms with van der Waals surface area (Å²) in [6.45, 7) is 5.78. The molecule has 1 fully saturated rings. The molecule has 1 aliphatic heterocycles. The molecule has 1 aliphatic rings. The number of ether oxygens (including phenoxy) is 1. The molecule has 0 unspecified atom stereocenters. The number of carbonyl (C=O) groups is 3. The van der Waals surface area contributed by atoms with Crippen LogP contribution in [0.15, 0.2) is 18.3 Å². The summed E-state index contributed by atoms with van der Waals surface area (Å²) in [5.74, 6) is -1.03. The van der Waals surface area contributed by atoms with Gasteiger partial charge in [0.15, 0.2) is 0 Å². The van der Waals surface area contributed by atoms with Crippen LogP contribution in [0, 0.1) is 0 Å². The first-order valence-corrected chi connectivity index (χ1v) is 7.47. The molecule has 0 spiro atoms. The zero-order chi connectivity index (χ0) is 17.2. The van der Waals surface area contributed by atoms with Gasteiger partial charge in [-0.1, -0.05) is 0 Å². The highest BCUT2D eigenvalue weighted by Crippen LogP contribution is 2.21. The Labute approximate surface area is 134 Å². The first kappa shape index (κ1) is 16.9. The van der Waals surface area contributed by atoms with Crippen molar-refractivity contribution in [1.29, 1.82) is 0 Å². The van der Waals surface area contributed by atoms with Crippen molar-refractivity contribution in [2.24, 2.45) is 5.73 Å². The Morgan fingerprint density at radius 2 is 2.04 bits per heavy atom. The summed E-state index contributed by atoms with van der Waals surface area (Å²) in [6.07, 6.45) is 2.26. The second-order valence-electron chi connectivity index (χ2n) is 6.44. The van der Waals surface area contributed by atoms with Crippen molar-refractivity contribution in [3.63, 3.8) is 0 Å². The molecular weight excluding hydrogens is 300 g/mol. The second-order valence-corrected chi connectivity index (χ2v) is 6.44. The molecule has 1 saturated heterocycles. The van der Waals surface area contributed by atoms with Gasteiger partial charge >= 0.3 is 6.09 Å². The van der Waals surface area contributed by atoms with Crippen LogP contribution in [0.4, 0.5) is 4.79 Å². The first-order valence-electron chi connectivity index (χ1n) is 7.47. The highest BCUT2D eigenvalue weighted by atomic mass is 16.6. The van der Waals surface area contributed by atoms with Crippen molar-refractivity contribution in [3.05, 3.63) is 24.0 Å². The van der Waals surface area contributed by atoms with Crippen LogP contribution >= 0.6 is 0 Å². The van der Waals surface area contributed by atoms with Gasteiger partial charge in [0, 0.05) is 12.7 Å². The molecule has 126 valence electrons. The van der Waals surface area contributed by atoms with Gasteiger partial charge in [0.1, 0.15) is 17.3 Å². The van der Waals surface area contributed by atoms with Crippen molar-refractivity contribution in [2.45, 2.75) is 45.3 Å². The van der Waals surface area contributed by atoms with Crippen LogP contribution in [0.1, 0.15) is 44.1 Å². The molecule has 3 N–H and O–H groups in total. The van der Waals surface area contributed by atoms with E-state index >= 15 is 0 Å². The van der Waals surface area contributed by atoms with Crippen molar-refractivity contribution in [3.8, 4) is 0 Å². The fourth-order valence-electron chi connectivity index (χ4n) is 2.45. The fourth-order valence-corrected chi connectivity index (χ4v) is 2.45. The Hall–Kier alpha value is -2.51. The number of hydrogen-bond acceptors (Lipinski definition) is 4. The Morgan fingerprint density at radius 3 is 2.65 bits per heavy atom. The molecule has 0 radical (unpaired) electrons. The maximum absolute atomic E-state index is 12.4. The van der Waals surface area contributed by atoms with Crippen molar-refractivity contribution >= 4 is 17.9 Å². The van der Waals surface area contributed by atoms with Crippen LogP contribution in [0.5, 0.6) is 0 Å². The van der Waals surface area contributed by atoms with Crippen molar-refractivity contribution in [2.75, 3.05) is 12.0 Å². The van der Waals surface area contributed by atoms with Gasteiger partial charge in [-0.15, -0.1) is 0 Å². The van der Waals surface area contributed by atoms with E-state index < -0.39 is 23.6 Å². The van der Waals surface area contributed by atoms with Crippen molar-refractivity contribution in [1.82, 2.24) is 9.58 Å². The summed E-state index contributed by atoms with van der Waals surface area (Å²) in [4.78, 5) is 37.3. The number of carbonyl (C=O) groups excluding carboxylic acids is 3. The Balaban J connectivity index is 2.07. The average Bonchev–Trinajstić information content (AvgIpc) is 3.04. The number of likely N-dealkylation sites (tertiary alicyclic amines) is 1. The normalized spacial score (nSPS) is 17.9. The molecule has 1 aromatic rings. The first-order chi connectivity index (χ1) is 10.7. The molecule has 3 amide bonds. The minimum atomic E-state index is -0.647. The molecule has 1 atom stereocenters. The lowest BCUT2D eigenvalue weighted by atomic mass is 10.2. The molecule has 2 rings (SSSR count).